The first-order chi connectivity index (χ1) is 12.6. The number of pyridine rings is 1. The van der Waals surface area contributed by atoms with Gasteiger partial charge in [-0.3, -0.25) is 9.78 Å². The number of fused-ring (bicyclic) bond motifs is 3. The van der Waals surface area contributed by atoms with Gasteiger partial charge in [0.05, 0.1) is 11.4 Å². The molecule has 1 heterocycles. The summed E-state index contributed by atoms with van der Waals surface area (Å²) in [6, 6.07) is 18.1. The van der Waals surface area contributed by atoms with Crippen LogP contribution in [0.3, 0.4) is 0 Å². The van der Waals surface area contributed by atoms with Crippen LogP contribution in [0.1, 0.15) is 27.2 Å². The van der Waals surface area contributed by atoms with Crippen molar-refractivity contribution in [2.24, 2.45) is 0 Å². The lowest BCUT2D eigenvalue weighted by atomic mass is 9.94. The van der Waals surface area contributed by atoms with Gasteiger partial charge in [-0.25, -0.2) is 0 Å². The second-order valence-electron chi connectivity index (χ2n) is 6.54. The van der Waals surface area contributed by atoms with Crippen LogP contribution < -0.4 is 4.90 Å². The number of hydrogen-bond acceptors (Lipinski definition) is 2. The fraction of sp³-hybridized carbons (Fsp3) is 0.130. The van der Waals surface area contributed by atoms with Crippen LogP contribution in [0.25, 0.3) is 17.2 Å². The summed E-state index contributed by atoms with van der Waals surface area (Å²) in [5.41, 5.74) is 7.17. The highest BCUT2D eigenvalue weighted by Gasteiger charge is 2.18. The Hall–Kier alpha value is -3.20. The Balaban J connectivity index is 1.72. The predicted molar refractivity (Wildman–Crippen MR) is 106 cm³/mol. The monoisotopic (exact) mass is 340 g/mol. The minimum atomic E-state index is -0.0228. The van der Waals surface area contributed by atoms with E-state index in [0.29, 0.717) is 5.56 Å². The van der Waals surface area contributed by atoms with E-state index in [1.54, 1.807) is 18.1 Å². The Labute approximate surface area is 153 Å². The molecule has 0 aliphatic heterocycles. The minimum absolute atomic E-state index is 0.0228. The quantitative estimate of drug-likeness (QED) is 0.664. The third-order valence-electron chi connectivity index (χ3n) is 4.88. The number of nitrogens with zero attached hydrogens (tertiary/aromatic N) is 2. The van der Waals surface area contributed by atoms with E-state index in [1.165, 1.54) is 22.3 Å². The van der Waals surface area contributed by atoms with Gasteiger partial charge >= 0.3 is 0 Å². The zero-order chi connectivity index (χ0) is 18.1. The molecule has 4 rings (SSSR count). The number of benzene rings is 2. The first kappa shape index (κ1) is 16.3. The lowest BCUT2D eigenvalue weighted by Gasteiger charge is -2.20. The van der Waals surface area contributed by atoms with Gasteiger partial charge in [-0.15, -0.1) is 0 Å². The van der Waals surface area contributed by atoms with Crippen LogP contribution in [0.5, 0.6) is 0 Å². The van der Waals surface area contributed by atoms with E-state index in [9.17, 15) is 4.79 Å². The SMILES string of the molecule is Cc1ncccc1N(C)C(=O)c1ccc2c(c1)CC=Cc1ccccc1-2. The average Bonchev–Trinajstić information content (AvgIpc) is 2.86. The van der Waals surface area contributed by atoms with E-state index >= 15 is 0 Å². The van der Waals surface area contributed by atoms with Gasteiger partial charge in [-0.2, -0.15) is 0 Å². The van der Waals surface area contributed by atoms with Gasteiger partial charge in [0.15, 0.2) is 0 Å². The van der Waals surface area contributed by atoms with E-state index in [0.717, 1.165) is 17.8 Å². The molecule has 0 spiro atoms. The van der Waals surface area contributed by atoms with Crippen molar-refractivity contribution in [3.05, 3.63) is 89.3 Å². The molecule has 0 unspecified atom stereocenters. The molecule has 0 saturated carbocycles. The van der Waals surface area contributed by atoms with E-state index in [2.05, 4.69) is 47.5 Å². The fourth-order valence-electron chi connectivity index (χ4n) is 3.49. The Morgan fingerprint density at radius 1 is 1.04 bits per heavy atom. The van der Waals surface area contributed by atoms with E-state index in [-0.39, 0.29) is 5.91 Å². The number of amides is 1. The summed E-state index contributed by atoms with van der Waals surface area (Å²) < 4.78 is 0. The zero-order valence-corrected chi connectivity index (χ0v) is 14.9. The molecular weight excluding hydrogens is 320 g/mol. The summed E-state index contributed by atoms with van der Waals surface area (Å²) in [4.78, 5) is 18.9. The normalized spacial score (nSPS) is 12.1. The van der Waals surface area contributed by atoms with E-state index in [4.69, 9.17) is 0 Å². The Morgan fingerprint density at radius 2 is 1.88 bits per heavy atom. The van der Waals surface area contributed by atoms with Crippen molar-refractivity contribution in [2.75, 3.05) is 11.9 Å². The highest BCUT2D eigenvalue weighted by Crippen LogP contribution is 2.32. The molecule has 0 atom stereocenters. The van der Waals surface area contributed by atoms with Gasteiger partial charge in [0.2, 0.25) is 0 Å². The minimum Gasteiger partial charge on any atom is -0.310 e. The number of carbonyl (C=O) groups is 1. The Bertz CT molecular complexity index is 1020. The number of hydrogen-bond donors (Lipinski definition) is 0. The van der Waals surface area contributed by atoms with Crippen LogP contribution in [-0.4, -0.2) is 17.9 Å². The molecule has 0 radical (unpaired) electrons. The molecule has 128 valence electrons. The molecule has 3 heteroatoms. The maximum Gasteiger partial charge on any atom is 0.258 e. The molecule has 0 bridgehead atoms. The van der Waals surface area contributed by atoms with Gasteiger partial charge in [-0.1, -0.05) is 42.5 Å². The summed E-state index contributed by atoms with van der Waals surface area (Å²) in [5.74, 6) is -0.0228. The average molecular weight is 340 g/mol. The fourth-order valence-corrected chi connectivity index (χ4v) is 3.49. The second-order valence-corrected chi connectivity index (χ2v) is 6.54. The predicted octanol–water partition coefficient (Wildman–Crippen LogP) is 4.90. The van der Waals surface area contributed by atoms with Crippen molar-refractivity contribution < 1.29 is 4.79 Å². The van der Waals surface area contributed by atoms with Gasteiger partial charge in [-0.05, 0) is 59.9 Å². The Kier molecular flexibility index (Phi) is 4.13. The maximum absolute atomic E-state index is 13.0. The molecule has 0 saturated heterocycles. The molecule has 0 fully saturated rings. The van der Waals surface area contributed by atoms with Crippen LogP contribution in [-0.2, 0) is 6.42 Å². The third-order valence-corrected chi connectivity index (χ3v) is 4.88. The molecule has 1 aliphatic carbocycles. The molecule has 3 nitrogen and oxygen atoms in total. The van der Waals surface area contributed by atoms with Crippen LogP contribution in [0.2, 0.25) is 0 Å². The van der Waals surface area contributed by atoms with E-state index in [1.807, 2.05) is 31.2 Å². The first-order valence-corrected chi connectivity index (χ1v) is 8.73. The molecule has 1 aliphatic rings. The third kappa shape index (κ3) is 2.82. The number of carbonyl (C=O) groups excluding carboxylic acids is 1. The molecule has 0 N–H and O–H groups in total. The molecular formula is C23H20N2O. The van der Waals surface area contributed by atoms with Crippen LogP contribution in [0.15, 0.2) is 66.9 Å². The number of rotatable bonds is 2. The van der Waals surface area contributed by atoms with Crippen molar-refractivity contribution in [1.82, 2.24) is 4.98 Å². The summed E-state index contributed by atoms with van der Waals surface area (Å²) >= 11 is 0. The lowest BCUT2D eigenvalue weighted by Crippen LogP contribution is -2.27. The molecule has 1 amide bonds. The van der Waals surface area contributed by atoms with Gasteiger partial charge < -0.3 is 4.90 Å². The number of aryl methyl sites for hydroxylation is 1. The van der Waals surface area contributed by atoms with Crippen molar-refractivity contribution >= 4 is 17.7 Å². The second kappa shape index (κ2) is 6.60. The standard InChI is InChI=1S/C23H20N2O/c1-16-22(11-6-14-24-16)25(2)23(26)19-12-13-21-18(15-19)9-5-8-17-7-3-4-10-20(17)21/h3-8,10-15H,9H2,1-2H3. The maximum atomic E-state index is 13.0. The lowest BCUT2D eigenvalue weighted by molar-refractivity contribution is 0.0992. The zero-order valence-electron chi connectivity index (χ0n) is 14.9. The van der Waals surface area contributed by atoms with E-state index < -0.39 is 0 Å². The van der Waals surface area contributed by atoms with Crippen LogP contribution >= 0.6 is 0 Å². The highest BCUT2D eigenvalue weighted by atomic mass is 16.2. The smallest absolute Gasteiger partial charge is 0.258 e. The van der Waals surface area contributed by atoms with Crippen molar-refractivity contribution in [1.29, 1.82) is 0 Å². The van der Waals surface area contributed by atoms with Crippen molar-refractivity contribution in [3.63, 3.8) is 0 Å². The summed E-state index contributed by atoms with van der Waals surface area (Å²) in [6.07, 6.45) is 6.87. The topological polar surface area (TPSA) is 33.2 Å². The van der Waals surface area contributed by atoms with Gasteiger partial charge in [0, 0.05) is 18.8 Å². The van der Waals surface area contributed by atoms with Crippen LogP contribution in [0, 0.1) is 6.92 Å². The van der Waals surface area contributed by atoms with Crippen LogP contribution in [0.4, 0.5) is 5.69 Å². The number of allylic oxidation sites excluding steroid dienone is 1. The molecule has 1 aromatic heterocycles. The number of anilines is 1. The Morgan fingerprint density at radius 3 is 2.73 bits per heavy atom. The molecule has 3 aromatic rings. The van der Waals surface area contributed by atoms with Gasteiger partial charge in [0.1, 0.15) is 0 Å². The summed E-state index contributed by atoms with van der Waals surface area (Å²) in [5, 5.41) is 0. The van der Waals surface area contributed by atoms with Crippen molar-refractivity contribution in [3.8, 4) is 11.1 Å². The molecule has 26 heavy (non-hydrogen) atoms. The van der Waals surface area contributed by atoms with Crippen molar-refractivity contribution in [2.45, 2.75) is 13.3 Å². The first-order valence-electron chi connectivity index (χ1n) is 8.73. The largest absolute Gasteiger partial charge is 0.310 e. The van der Waals surface area contributed by atoms with Gasteiger partial charge in [0.25, 0.3) is 5.91 Å². The summed E-state index contributed by atoms with van der Waals surface area (Å²) in [6.45, 7) is 1.91. The highest BCUT2D eigenvalue weighted by molar-refractivity contribution is 6.06. The molecule has 2 aromatic carbocycles. The number of aromatic nitrogens is 1. The summed E-state index contributed by atoms with van der Waals surface area (Å²) in [7, 11) is 1.80.